The van der Waals surface area contributed by atoms with Gasteiger partial charge in [-0.15, -0.1) is 0 Å². The van der Waals surface area contributed by atoms with Crippen LogP contribution in [0.1, 0.15) is 13.8 Å². The summed E-state index contributed by atoms with van der Waals surface area (Å²) in [5.74, 6) is 0.290. The molecule has 0 radical (unpaired) electrons. The van der Waals surface area contributed by atoms with Crippen molar-refractivity contribution >= 4 is 21.4 Å². The van der Waals surface area contributed by atoms with Gasteiger partial charge in [0.15, 0.2) is 9.84 Å². The van der Waals surface area contributed by atoms with Crippen molar-refractivity contribution in [1.82, 2.24) is 0 Å². The molecule has 1 aliphatic heterocycles. The lowest BCUT2D eigenvalue weighted by atomic mass is 10.1. The van der Waals surface area contributed by atoms with Crippen molar-refractivity contribution in [3.8, 4) is 5.75 Å². The predicted octanol–water partition coefficient (Wildman–Crippen LogP) is 1.99. The van der Waals surface area contributed by atoms with Crippen LogP contribution in [0.5, 0.6) is 5.75 Å². The summed E-state index contributed by atoms with van der Waals surface area (Å²) in [4.78, 5) is 14.0. The molecule has 5 nitrogen and oxygen atoms in total. The van der Waals surface area contributed by atoms with Crippen molar-refractivity contribution < 1.29 is 17.9 Å². The number of carbonyl (C=O) groups excluding carboxylic acids is 1. The molecule has 1 heterocycles. The third-order valence-corrected chi connectivity index (χ3v) is 4.70. The average molecular weight is 309 g/mol. The molecule has 1 atom stereocenters. The molecular weight excluding hydrogens is 290 g/mol. The Morgan fingerprint density at radius 2 is 1.90 bits per heavy atom. The number of nitrogens with zero attached hydrogens (tertiary/aromatic N) is 1. The Bertz CT molecular complexity index is 647. The van der Waals surface area contributed by atoms with E-state index in [1.165, 1.54) is 5.41 Å². The summed E-state index contributed by atoms with van der Waals surface area (Å²) in [5.41, 5.74) is 0.668. The first-order valence-corrected chi connectivity index (χ1v) is 8.43. The minimum absolute atomic E-state index is 0.0719. The van der Waals surface area contributed by atoms with Gasteiger partial charge in [0.25, 0.3) is 0 Å². The maximum Gasteiger partial charge on any atom is 0.230 e. The average Bonchev–Trinajstić information content (AvgIpc) is 2.79. The van der Waals surface area contributed by atoms with Crippen LogP contribution in [-0.4, -0.2) is 33.2 Å². The second-order valence-corrected chi connectivity index (χ2v) is 7.22. The standard InChI is InChI=1S/C15H19NO4S/c1-11(2)15(17)16(13-8-9-21(18,19)10-13)12-4-6-14(20-3)7-5-12/h4-9,11,13H,10H2,1-3H3/t13-/m0/s1. The van der Waals surface area contributed by atoms with E-state index in [1.54, 1.807) is 56.2 Å². The van der Waals surface area contributed by atoms with Crippen LogP contribution in [0.4, 0.5) is 5.69 Å². The highest BCUT2D eigenvalue weighted by atomic mass is 32.2. The Morgan fingerprint density at radius 3 is 2.33 bits per heavy atom. The van der Waals surface area contributed by atoms with Crippen LogP contribution >= 0.6 is 0 Å². The Morgan fingerprint density at radius 1 is 1.29 bits per heavy atom. The Kier molecular flexibility index (Phi) is 4.37. The van der Waals surface area contributed by atoms with Gasteiger partial charge in [-0.05, 0) is 30.3 Å². The lowest BCUT2D eigenvalue weighted by molar-refractivity contribution is -0.121. The molecule has 0 saturated heterocycles. The zero-order valence-corrected chi connectivity index (χ0v) is 13.1. The maximum absolute atomic E-state index is 12.5. The van der Waals surface area contributed by atoms with Crippen molar-refractivity contribution in [2.75, 3.05) is 17.8 Å². The van der Waals surface area contributed by atoms with Crippen LogP contribution in [0.15, 0.2) is 35.7 Å². The first-order valence-electron chi connectivity index (χ1n) is 6.72. The highest BCUT2D eigenvalue weighted by Crippen LogP contribution is 2.26. The van der Waals surface area contributed by atoms with Gasteiger partial charge in [-0.2, -0.15) is 0 Å². The summed E-state index contributed by atoms with van der Waals surface area (Å²) < 4.78 is 28.4. The minimum atomic E-state index is -3.22. The van der Waals surface area contributed by atoms with E-state index in [0.29, 0.717) is 11.4 Å². The quantitative estimate of drug-likeness (QED) is 0.853. The van der Waals surface area contributed by atoms with Crippen molar-refractivity contribution in [3.05, 3.63) is 35.7 Å². The Labute approximate surface area is 125 Å². The summed E-state index contributed by atoms with van der Waals surface area (Å²) in [6.07, 6.45) is 1.57. The minimum Gasteiger partial charge on any atom is -0.497 e. The molecule has 6 heteroatoms. The van der Waals surface area contributed by atoms with Gasteiger partial charge in [0.2, 0.25) is 5.91 Å². The molecule has 0 aromatic heterocycles. The maximum atomic E-state index is 12.5. The van der Waals surface area contributed by atoms with E-state index in [9.17, 15) is 13.2 Å². The molecule has 114 valence electrons. The number of hydrogen-bond donors (Lipinski definition) is 0. The highest BCUT2D eigenvalue weighted by molar-refractivity contribution is 7.94. The van der Waals surface area contributed by atoms with Gasteiger partial charge in [-0.3, -0.25) is 4.79 Å². The SMILES string of the molecule is COc1ccc(N(C(=O)C(C)C)[C@H]2C=CS(=O)(=O)C2)cc1. The topological polar surface area (TPSA) is 63.7 Å². The van der Waals surface area contributed by atoms with E-state index in [2.05, 4.69) is 0 Å². The number of sulfone groups is 1. The van der Waals surface area contributed by atoms with E-state index in [4.69, 9.17) is 4.74 Å². The van der Waals surface area contributed by atoms with Crippen LogP contribution in [0.3, 0.4) is 0 Å². The molecule has 0 N–H and O–H groups in total. The second-order valence-electron chi connectivity index (χ2n) is 5.29. The zero-order valence-electron chi connectivity index (χ0n) is 12.3. The van der Waals surface area contributed by atoms with Gasteiger partial charge in [-0.1, -0.05) is 13.8 Å². The van der Waals surface area contributed by atoms with Crippen LogP contribution in [0, 0.1) is 5.92 Å². The highest BCUT2D eigenvalue weighted by Gasteiger charge is 2.32. The fourth-order valence-electron chi connectivity index (χ4n) is 2.22. The molecule has 1 aromatic carbocycles. The van der Waals surface area contributed by atoms with Crippen LogP contribution in [0.25, 0.3) is 0 Å². The van der Waals surface area contributed by atoms with Gasteiger partial charge < -0.3 is 9.64 Å². The number of amides is 1. The lowest BCUT2D eigenvalue weighted by Gasteiger charge is -2.29. The van der Waals surface area contributed by atoms with Crippen LogP contribution in [0.2, 0.25) is 0 Å². The van der Waals surface area contributed by atoms with Gasteiger partial charge in [-0.25, -0.2) is 8.42 Å². The smallest absolute Gasteiger partial charge is 0.230 e. The molecule has 1 aromatic rings. The van der Waals surface area contributed by atoms with E-state index in [1.807, 2.05) is 0 Å². The first-order chi connectivity index (χ1) is 9.84. The molecule has 0 spiro atoms. The summed E-state index contributed by atoms with van der Waals surface area (Å²) >= 11 is 0. The number of rotatable bonds is 4. The Hall–Kier alpha value is -1.82. The van der Waals surface area contributed by atoms with Crippen LogP contribution < -0.4 is 9.64 Å². The molecule has 0 bridgehead atoms. The summed E-state index contributed by atoms with van der Waals surface area (Å²) in [6.45, 7) is 3.60. The first kappa shape index (κ1) is 15.6. The molecule has 1 aliphatic rings. The third-order valence-electron chi connectivity index (χ3n) is 3.32. The lowest BCUT2D eigenvalue weighted by Crippen LogP contribution is -2.43. The molecule has 2 rings (SSSR count). The van der Waals surface area contributed by atoms with Crippen molar-refractivity contribution in [2.45, 2.75) is 19.9 Å². The van der Waals surface area contributed by atoms with Gasteiger partial charge >= 0.3 is 0 Å². The van der Waals surface area contributed by atoms with E-state index < -0.39 is 15.9 Å². The number of anilines is 1. The molecule has 1 amide bonds. The number of hydrogen-bond acceptors (Lipinski definition) is 4. The fourth-order valence-corrected chi connectivity index (χ4v) is 3.49. The van der Waals surface area contributed by atoms with Crippen molar-refractivity contribution in [2.24, 2.45) is 5.92 Å². The van der Waals surface area contributed by atoms with Crippen LogP contribution in [-0.2, 0) is 14.6 Å². The fraction of sp³-hybridized carbons (Fsp3) is 0.400. The molecule has 0 unspecified atom stereocenters. The largest absolute Gasteiger partial charge is 0.497 e. The van der Waals surface area contributed by atoms with E-state index >= 15 is 0 Å². The predicted molar refractivity (Wildman–Crippen MR) is 82.0 cm³/mol. The summed E-state index contributed by atoms with van der Waals surface area (Å²) in [5, 5.41) is 1.18. The number of ether oxygens (including phenoxy) is 1. The second kappa shape index (κ2) is 5.89. The molecule has 0 saturated carbocycles. The molecule has 0 fully saturated rings. The number of carbonyl (C=O) groups is 1. The number of benzene rings is 1. The van der Waals surface area contributed by atoms with Gasteiger partial charge in [0.1, 0.15) is 5.75 Å². The third kappa shape index (κ3) is 3.44. The van der Waals surface area contributed by atoms with E-state index in [-0.39, 0.29) is 17.6 Å². The molecular formula is C15H19NO4S. The van der Waals surface area contributed by atoms with E-state index in [0.717, 1.165) is 0 Å². The summed E-state index contributed by atoms with van der Waals surface area (Å²) in [6, 6.07) is 6.57. The van der Waals surface area contributed by atoms with Crippen molar-refractivity contribution in [1.29, 1.82) is 0 Å². The zero-order chi connectivity index (χ0) is 15.6. The number of methoxy groups -OCH3 is 1. The molecule has 0 aliphatic carbocycles. The normalized spacial score (nSPS) is 19.7. The summed E-state index contributed by atoms with van der Waals surface area (Å²) in [7, 11) is -1.65. The monoisotopic (exact) mass is 309 g/mol. The van der Waals surface area contributed by atoms with Crippen molar-refractivity contribution in [3.63, 3.8) is 0 Å². The van der Waals surface area contributed by atoms with Gasteiger partial charge in [0, 0.05) is 17.0 Å². The molecule has 21 heavy (non-hydrogen) atoms. The van der Waals surface area contributed by atoms with Gasteiger partial charge in [0.05, 0.1) is 18.9 Å². The Balaban J connectivity index is 2.37.